The molecule has 1 atom stereocenters. The van der Waals surface area contributed by atoms with Crippen molar-refractivity contribution < 1.29 is 19.4 Å². The fourth-order valence-electron chi connectivity index (χ4n) is 1.74. The van der Waals surface area contributed by atoms with Gasteiger partial charge in [-0.3, -0.25) is 4.79 Å². The van der Waals surface area contributed by atoms with Gasteiger partial charge in [-0.2, -0.15) is 0 Å². The first-order chi connectivity index (χ1) is 9.08. The number of carbonyl (C=O) groups is 1. The van der Waals surface area contributed by atoms with Crippen LogP contribution in [0.4, 0.5) is 0 Å². The smallest absolute Gasteiger partial charge is 0.251 e. The molecular formula is C13H16ClNO4. The van der Waals surface area contributed by atoms with Crippen LogP contribution in [-0.4, -0.2) is 36.9 Å². The molecule has 19 heavy (non-hydrogen) atoms. The number of aliphatic hydroxyl groups excluding tert-OH is 1. The molecule has 6 heteroatoms. The highest BCUT2D eigenvalue weighted by molar-refractivity contribution is 6.32. The molecule has 0 aliphatic carbocycles. The number of amides is 1. The van der Waals surface area contributed by atoms with Crippen LogP contribution in [0.15, 0.2) is 12.1 Å². The van der Waals surface area contributed by atoms with Gasteiger partial charge in [0, 0.05) is 12.1 Å². The number of aliphatic hydroxyl groups is 1. The predicted molar refractivity (Wildman–Crippen MR) is 71.1 cm³/mol. The quantitative estimate of drug-likeness (QED) is 0.882. The topological polar surface area (TPSA) is 67.8 Å². The lowest BCUT2D eigenvalue weighted by atomic mass is 10.1. The van der Waals surface area contributed by atoms with Crippen LogP contribution in [0.5, 0.6) is 11.5 Å². The van der Waals surface area contributed by atoms with Crippen molar-refractivity contribution in [1.29, 1.82) is 0 Å². The van der Waals surface area contributed by atoms with Crippen LogP contribution in [-0.2, 0) is 0 Å². The molecule has 1 aliphatic rings. The van der Waals surface area contributed by atoms with Gasteiger partial charge in [0.15, 0.2) is 11.5 Å². The van der Waals surface area contributed by atoms with Crippen molar-refractivity contribution in [3.63, 3.8) is 0 Å². The summed E-state index contributed by atoms with van der Waals surface area (Å²) in [7, 11) is 0. The molecule has 1 unspecified atom stereocenters. The van der Waals surface area contributed by atoms with Crippen molar-refractivity contribution in [3.8, 4) is 11.5 Å². The fraction of sp³-hybridized carbons (Fsp3) is 0.462. The summed E-state index contributed by atoms with van der Waals surface area (Å²) in [6.45, 7) is 2.97. The highest BCUT2D eigenvalue weighted by atomic mass is 35.5. The van der Waals surface area contributed by atoms with Crippen molar-refractivity contribution in [2.75, 3.05) is 19.8 Å². The maximum atomic E-state index is 11.9. The molecule has 1 aliphatic heterocycles. The van der Waals surface area contributed by atoms with Gasteiger partial charge in [0.2, 0.25) is 0 Å². The van der Waals surface area contributed by atoms with Crippen LogP contribution in [0, 0.1) is 0 Å². The number of fused-ring (bicyclic) bond motifs is 1. The molecule has 0 fully saturated rings. The number of hydrogen-bond donors (Lipinski definition) is 2. The molecule has 1 aromatic rings. The Morgan fingerprint density at radius 1 is 1.47 bits per heavy atom. The second-order valence-electron chi connectivity index (χ2n) is 4.38. The minimum atomic E-state index is -0.441. The fourth-order valence-corrected chi connectivity index (χ4v) is 2.00. The summed E-state index contributed by atoms with van der Waals surface area (Å²) < 4.78 is 10.8. The normalized spacial score (nSPS) is 14.9. The highest BCUT2D eigenvalue weighted by Gasteiger charge is 2.19. The summed E-state index contributed by atoms with van der Waals surface area (Å²) in [4.78, 5) is 11.9. The highest BCUT2D eigenvalue weighted by Crippen LogP contribution is 2.38. The second-order valence-corrected chi connectivity index (χ2v) is 4.78. The van der Waals surface area contributed by atoms with E-state index < -0.39 is 6.10 Å². The van der Waals surface area contributed by atoms with E-state index >= 15 is 0 Å². The van der Waals surface area contributed by atoms with Crippen LogP contribution >= 0.6 is 11.6 Å². The maximum absolute atomic E-state index is 11.9. The van der Waals surface area contributed by atoms with Crippen LogP contribution in [0.1, 0.15) is 23.7 Å². The molecule has 2 rings (SSSR count). The van der Waals surface area contributed by atoms with Crippen LogP contribution in [0.3, 0.4) is 0 Å². The van der Waals surface area contributed by atoms with Gasteiger partial charge in [-0.15, -0.1) is 0 Å². The first kappa shape index (κ1) is 14.0. The summed E-state index contributed by atoms with van der Waals surface area (Å²) in [5, 5.41) is 12.2. The van der Waals surface area contributed by atoms with Crippen LogP contribution < -0.4 is 14.8 Å². The number of nitrogens with one attached hydrogen (secondary N) is 1. The van der Waals surface area contributed by atoms with E-state index in [2.05, 4.69) is 5.32 Å². The Labute approximate surface area is 116 Å². The Morgan fingerprint density at radius 2 is 2.21 bits per heavy atom. The lowest BCUT2D eigenvalue weighted by Gasteiger charge is -2.20. The summed E-state index contributed by atoms with van der Waals surface area (Å²) in [6, 6.07) is 3.16. The Hall–Kier alpha value is -1.46. The number of halogens is 1. The van der Waals surface area contributed by atoms with Crippen molar-refractivity contribution in [3.05, 3.63) is 22.7 Å². The third-order valence-corrected chi connectivity index (χ3v) is 2.99. The van der Waals surface area contributed by atoms with Gasteiger partial charge in [0.25, 0.3) is 5.91 Å². The van der Waals surface area contributed by atoms with Crippen LogP contribution in [0.2, 0.25) is 5.02 Å². The Morgan fingerprint density at radius 3 is 2.95 bits per heavy atom. The van der Waals surface area contributed by atoms with Crippen molar-refractivity contribution in [2.24, 2.45) is 0 Å². The van der Waals surface area contributed by atoms with Gasteiger partial charge >= 0.3 is 0 Å². The number of ether oxygens (including phenoxy) is 2. The van der Waals surface area contributed by atoms with Gasteiger partial charge < -0.3 is 19.9 Å². The summed E-state index contributed by atoms with van der Waals surface area (Å²) in [5.74, 6) is 0.715. The van der Waals surface area contributed by atoms with E-state index in [1.54, 1.807) is 19.1 Å². The largest absolute Gasteiger partial charge is 0.486 e. The lowest BCUT2D eigenvalue weighted by molar-refractivity contribution is 0.0944. The average molecular weight is 286 g/mol. The van der Waals surface area contributed by atoms with E-state index in [4.69, 9.17) is 26.2 Å². The monoisotopic (exact) mass is 285 g/mol. The molecule has 0 spiro atoms. The second kappa shape index (κ2) is 6.12. The molecule has 5 nitrogen and oxygen atoms in total. The van der Waals surface area contributed by atoms with Crippen molar-refractivity contribution >= 4 is 17.5 Å². The Kier molecular flexibility index (Phi) is 4.50. The molecular weight excluding hydrogens is 270 g/mol. The predicted octanol–water partition coefficient (Wildman–Crippen LogP) is 1.61. The molecule has 1 aromatic carbocycles. The van der Waals surface area contributed by atoms with Gasteiger partial charge in [0.05, 0.1) is 11.1 Å². The summed E-state index contributed by atoms with van der Waals surface area (Å²) >= 11 is 6.05. The summed E-state index contributed by atoms with van der Waals surface area (Å²) in [6.07, 6.45) is 0.0634. The first-order valence-electron chi connectivity index (χ1n) is 6.13. The van der Waals surface area contributed by atoms with E-state index in [0.717, 1.165) is 0 Å². The van der Waals surface area contributed by atoms with E-state index in [-0.39, 0.29) is 5.91 Å². The minimum Gasteiger partial charge on any atom is -0.486 e. The van der Waals surface area contributed by atoms with E-state index in [0.29, 0.717) is 48.3 Å². The lowest BCUT2D eigenvalue weighted by Crippen LogP contribution is -2.26. The van der Waals surface area contributed by atoms with E-state index in [1.165, 1.54) is 0 Å². The number of hydrogen-bond acceptors (Lipinski definition) is 4. The summed E-state index contributed by atoms with van der Waals surface area (Å²) in [5.41, 5.74) is 0.417. The molecule has 1 amide bonds. The minimum absolute atomic E-state index is 0.250. The van der Waals surface area contributed by atoms with E-state index in [9.17, 15) is 4.79 Å². The molecule has 0 saturated heterocycles. The Balaban J connectivity index is 2.08. The van der Waals surface area contributed by atoms with Gasteiger partial charge in [-0.25, -0.2) is 0 Å². The van der Waals surface area contributed by atoms with E-state index in [1.807, 2.05) is 0 Å². The third kappa shape index (κ3) is 3.52. The van der Waals surface area contributed by atoms with Crippen molar-refractivity contribution in [1.82, 2.24) is 5.32 Å². The molecule has 2 N–H and O–H groups in total. The standard InChI is InChI=1S/C13H16ClNO4/c1-8(16)2-3-15-13(17)9-6-10(14)12-11(7-9)18-4-5-19-12/h6-8,16H,2-5H2,1H3,(H,15,17). The SMILES string of the molecule is CC(O)CCNC(=O)c1cc(Cl)c2c(c1)OCCO2. The molecule has 1 heterocycles. The first-order valence-corrected chi connectivity index (χ1v) is 6.51. The average Bonchev–Trinajstić information content (AvgIpc) is 2.38. The Bertz CT molecular complexity index is 476. The van der Waals surface area contributed by atoms with Gasteiger partial charge in [0.1, 0.15) is 13.2 Å². The zero-order valence-electron chi connectivity index (χ0n) is 10.6. The van der Waals surface area contributed by atoms with Crippen molar-refractivity contribution in [2.45, 2.75) is 19.4 Å². The molecule has 104 valence electrons. The zero-order chi connectivity index (χ0) is 13.8. The molecule has 0 aromatic heterocycles. The van der Waals surface area contributed by atoms with Crippen LogP contribution in [0.25, 0.3) is 0 Å². The number of carbonyl (C=O) groups excluding carboxylic acids is 1. The van der Waals surface area contributed by atoms with Gasteiger partial charge in [-0.1, -0.05) is 11.6 Å². The number of benzene rings is 1. The maximum Gasteiger partial charge on any atom is 0.251 e. The molecule has 0 radical (unpaired) electrons. The molecule has 0 saturated carbocycles. The zero-order valence-corrected chi connectivity index (χ0v) is 11.4. The van der Waals surface area contributed by atoms with Gasteiger partial charge in [-0.05, 0) is 25.5 Å². The molecule has 0 bridgehead atoms. The third-order valence-electron chi connectivity index (χ3n) is 2.71. The number of rotatable bonds is 4.